The van der Waals surface area contributed by atoms with Crippen molar-refractivity contribution in [3.8, 4) is 0 Å². The number of nitrogens with zero attached hydrogens (tertiary/aromatic N) is 5. The van der Waals surface area contributed by atoms with Crippen molar-refractivity contribution in [1.82, 2.24) is 29.8 Å². The van der Waals surface area contributed by atoms with Crippen LogP contribution in [0.25, 0.3) is 11.0 Å². The summed E-state index contributed by atoms with van der Waals surface area (Å²) in [5, 5.41) is 0.736. The zero-order valence-corrected chi connectivity index (χ0v) is 13.2. The van der Waals surface area contributed by atoms with Gasteiger partial charge in [-0.2, -0.15) is 0 Å². The molecule has 4 heterocycles. The standard InChI is InChI=1S/C16H16N6O2/c1-24-8-13-18-6-10-7-22(5-3-12(10)21-13)16(23)14-11-2-4-17-15(11)20-9-19-14/h2,4,6,9H,3,5,7-8H2,1H3,(H,17,19,20). The van der Waals surface area contributed by atoms with Crippen LogP contribution in [0.2, 0.25) is 0 Å². The van der Waals surface area contributed by atoms with Crippen molar-refractivity contribution in [3.05, 3.63) is 47.6 Å². The number of H-pyrrole nitrogens is 1. The fraction of sp³-hybridized carbons (Fsp3) is 0.312. The molecule has 0 bridgehead atoms. The molecule has 1 amide bonds. The summed E-state index contributed by atoms with van der Waals surface area (Å²) < 4.78 is 5.06. The maximum Gasteiger partial charge on any atom is 0.273 e. The van der Waals surface area contributed by atoms with Gasteiger partial charge in [0.1, 0.15) is 24.3 Å². The Labute approximate surface area is 137 Å². The van der Waals surface area contributed by atoms with Crippen LogP contribution in [0.5, 0.6) is 0 Å². The van der Waals surface area contributed by atoms with E-state index in [2.05, 4.69) is 24.9 Å². The topological polar surface area (TPSA) is 96.9 Å². The van der Waals surface area contributed by atoms with Crippen LogP contribution in [0.1, 0.15) is 27.6 Å². The molecule has 0 aliphatic carbocycles. The molecule has 1 aliphatic rings. The first kappa shape index (κ1) is 14.7. The SMILES string of the molecule is COCc1ncc2c(n1)CCN(C(=O)c1ncnc3[nH]ccc13)C2. The van der Waals surface area contributed by atoms with Gasteiger partial charge in [0.25, 0.3) is 5.91 Å². The molecular formula is C16H16N6O2. The first-order chi connectivity index (χ1) is 11.8. The molecule has 0 saturated heterocycles. The van der Waals surface area contributed by atoms with Crippen LogP contribution in [-0.4, -0.2) is 49.4 Å². The normalized spacial score (nSPS) is 14.0. The van der Waals surface area contributed by atoms with Crippen molar-refractivity contribution in [2.24, 2.45) is 0 Å². The zero-order chi connectivity index (χ0) is 16.5. The molecule has 8 heteroatoms. The average Bonchev–Trinajstić information content (AvgIpc) is 3.09. The predicted octanol–water partition coefficient (Wildman–Crippen LogP) is 1.09. The van der Waals surface area contributed by atoms with E-state index in [1.54, 1.807) is 24.4 Å². The predicted molar refractivity (Wildman–Crippen MR) is 85.1 cm³/mol. The van der Waals surface area contributed by atoms with Crippen molar-refractivity contribution in [2.45, 2.75) is 19.6 Å². The van der Waals surface area contributed by atoms with E-state index in [1.165, 1.54) is 6.33 Å². The molecule has 1 aliphatic heterocycles. The first-order valence-corrected chi connectivity index (χ1v) is 7.66. The van der Waals surface area contributed by atoms with Gasteiger partial charge in [-0.25, -0.2) is 19.9 Å². The molecule has 0 unspecified atom stereocenters. The molecule has 122 valence electrons. The zero-order valence-electron chi connectivity index (χ0n) is 13.2. The number of ether oxygens (including phenoxy) is 1. The summed E-state index contributed by atoms with van der Waals surface area (Å²) in [6, 6.07) is 1.82. The monoisotopic (exact) mass is 324 g/mol. The lowest BCUT2D eigenvalue weighted by atomic mass is 10.1. The van der Waals surface area contributed by atoms with Gasteiger partial charge < -0.3 is 14.6 Å². The van der Waals surface area contributed by atoms with Crippen molar-refractivity contribution in [1.29, 1.82) is 0 Å². The fourth-order valence-electron chi connectivity index (χ4n) is 2.92. The Morgan fingerprint density at radius 1 is 1.38 bits per heavy atom. The number of aromatic amines is 1. The van der Waals surface area contributed by atoms with E-state index in [4.69, 9.17) is 4.74 Å². The summed E-state index contributed by atoms with van der Waals surface area (Å²) >= 11 is 0. The van der Waals surface area contributed by atoms with E-state index < -0.39 is 0 Å². The molecule has 0 aromatic carbocycles. The average molecular weight is 324 g/mol. The Kier molecular flexibility index (Phi) is 3.66. The lowest BCUT2D eigenvalue weighted by molar-refractivity contribution is 0.0729. The summed E-state index contributed by atoms with van der Waals surface area (Å²) in [5.74, 6) is 0.564. The molecule has 0 spiro atoms. The van der Waals surface area contributed by atoms with E-state index in [-0.39, 0.29) is 5.91 Å². The summed E-state index contributed by atoms with van der Waals surface area (Å²) in [6.45, 7) is 1.48. The number of carbonyl (C=O) groups is 1. The molecule has 0 fully saturated rings. The highest BCUT2D eigenvalue weighted by Crippen LogP contribution is 2.21. The van der Waals surface area contributed by atoms with Gasteiger partial charge in [0, 0.05) is 44.6 Å². The second-order valence-corrected chi connectivity index (χ2v) is 5.63. The van der Waals surface area contributed by atoms with Gasteiger partial charge >= 0.3 is 0 Å². The second kappa shape index (κ2) is 5.97. The van der Waals surface area contributed by atoms with Gasteiger partial charge in [0.15, 0.2) is 5.82 Å². The minimum absolute atomic E-state index is 0.103. The highest BCUT2D eigenvalue weighted by molar-refractivity contribution is 6.03. The van der Waals surface area contributed by atoms with Crippen molar-refractivity contribution < 1.29 is 9.53 Å². The molecule has 24 heavy (non-hydrogen) atoms. The van der Waals surface area contributed by atoms with Crippen LogP contribution in [0.4, 0.5) is 0 Å². The maximum absolute atomic E-state index is 12.9. The van der Waals surface area contributed by atoms with E-state index in [1.807, 2.05) is 6.07 Å². The number of rotatable bonds is 3. The largest absolute Gasteiger partial charge is 0.377 e. The second-order valence-electron chi connectivity index (χ2n) is 5.63. The minimum Gasteiger partial charge on any atom is -0.377 e. The van der Waals surface area contributed by atoms with Crippen molar-refractivity contribution in [3.63, 3.8) is 0 Å². The highest BCUT2D eigenvalue weighted by Gasteiger charge is 2.25. The van der Waals surface area contributed by atoms with Gasteiger partial charge in [0.2, 0.25) is 0 Å². The third-order valence-electron chi connectivity index (χ3n) is 4.10. The molecule has 0 radical (unpaired) electrons. The van der Waals surface area contributed by atoms with Crippen LogP contribution in [0, 0.1) is 0 Å². The van der Waals surface area contributed by atoms with Crippen LogP contribution in [0.3, 0.4) is 0 Å². The van der Waals surface area contributed by atoms with Gasteiger partial charge in [-0.1, -0.05) is 0 Å². The lowest BCUT2D eigenvalue weighted by Gasteiger charge is -2.28. The van der Waals surface area contributed by atoms with Crippen molar-refractivity contribution in [2.75, 3.05) is 13.7 Å². The summed E-state index contributed by atoms with van der Waals surface area (Å²) in [6.07, 6.45) is 5.64. The van der Waals surface area contributed by atoms with Gasteiger partial charge in [-0.3, -0.25) is 4.79 Å². The number of amides is 1. The van der Waals surface area contributed by atoms with E-state index in [0.29, 0.717) is 43.3 Å². The lowest BCUT2D eigenvalue weighted by Crippen LogP contribution is -2.37. The minimum atomic E-state index is -0.103. The number of hydrogen-bond donors (Lipinski definition) is 1. The van der Waals surface area contributed by atoms with Gasteiger partial charge in [-0.05, 0) is 6.07 Å². The number of hydrogen-bond acceptors (Lipinski definition) is 6. The van der Waals surface area contributed by atoms with E-state index in [9.17, 15) is 4.79 Å². The Morgan fingerprint density at radius 2 is 2.29 bits per heavy atom. The smallest absolute Gasteiger partial charge is 0.273 e. The Hall–Kier alpha value is -2.87. The summed E-state index contributed by atoms with van der Waals surface area (Å²) in [4.78, 5) is 34.7. The quantitative estimate of drug-likeness (QED) is 0.775. The van der Waals surface area contributed by atoms with Gasteiger partial charge in [-0.15, -0.1) is 0 Å². The fourth-order valence-corrected chi connectivity index (χ4v) is 2.92. The van der Waals surface area contributed by atoms with Crippen LogP contribution < -0.4 is 0 Å². The molecule has 0 atom stereocenters. The summed E-state index contributed by atoms with van der Waals surface area (Å²) in [5.41, 5.74) is 3.03. The molecule has 3 aromatic heterocycles. The summed E-state index contributed by atoms with van der Waals surface area (Å²) in [7, 11) is 1.62. The molecule has 4 rings (SSSR count). The number of fused-ring (bicyclic) bond motifs is 2. The molecule has 3 aromatic rings. The highest BCUT2D eigenvalue weighted by atomic mass is 16.5. The van der Waals surface area contributed by atoms with Crippen LogP contribution >= 0.6 is 0 Å². The number of nitrogens with one attached hydrogen (secondary N) is 1. The number of carbonyl (C=O) groups excluding carboxylic acids is 1. The van der Waals surface area contributed by atoms with E-state index in [0.717, 1.165) is 16.6 Å². The number of aromatic nitrogens is 5. The molecule has 1 N–H and O–H groups in total. The molecular weight excluding hydrogens is 308 g/mol. The molecule has 8 nitrogen and oxygen atoms in total. The third kappa shape index (κ3) is 2.50. The first-order valence-electron chi connectivity index (χ1n) is 7.66. The van der Waals surface area contributed by atoms with Crippen LogP contribution in [0.15, 0.2) is 24.8 Å². The number of methoxy groups -OCH3 is 1. The van der Waals surface area contributed by atoms with Gasteiger partial charge in [0.05, 0.1) is 11.1 Å². The van der Waals surface area contributed by atoms with E-state index >= 15 is 0 Å². The van der Waals surface area contributed by atoms with Crippen molar-refractivity contribution >= 4 is 16.9 Å². The Bertz CT molecular complexity index is 906. The van der Waals surface area contributed by atoms with Crippen LogP contribution in [-0.2, 0) is 24.3 Å². The Morgan fingerprint density at radius 3 is 3.17 bits per heavy atom. The maximum atomic E-state index is 12.9. The molecule has 0 saturated carbocycles. The third-order valence-corrected chi connectivity index (χ3v) is 4.10. The Balaban J connectivity index is 1.60.